The van der Waals surface area contributed by atoms with Crippen molar-refractivity contribution in [2.75, 3.05) is 6.54 Å². The van der Waals surface area contributed by atoms with E-state index in [9.17, 15) is 9.59 Å². The molecule has 1 N–H and O–H groups in total. The number of likely N-dealkylation sites (tertiary alicyclic amines) is 1. The minimum Gasteiger partial charge on any atom is -0.481 e. The number of hydrogen-bond acceptors (Lipinski definition) is 3. The van der Waals surface area contributed by atoms with Crippen LogP contribution in [0.5, 0.6) is 0 Å². The molecule has 96 valence electrons. The van der Waals surface area contributed by atoms with Gasteiger partial charge in [-0.15, -0.1) is 0 Å². The quantitative estimate of drug-likeness (QED) is 0.864. The van der Waals surface area contributed by atoms with Crippen molar-refractivity contribution < 1.29 is 14.7 Å². The van der Waals surface area contributed by atoms with E-state index in [0.717, 1.165) is 5.56 Å². The lowest BCUT2D eigenvalue weighted by Gasteiger charge is -2.23. The Bertz CT molecular complexity index is 447. The molecule has 0 bridgehead atoms. The second-order valence-corrected chi connectivity index (χ2v) is 4.60. The first-order valence-corrected chi connectivity index (χ1v) is 6.01. The monoisotopic (exact) mass is 248 g/mol. The summed E-state index contributed by atoms with van der Waals surface area (Å²) < 4.78 is 0. The van der Waals surface area contributed by atoms with Crippen molar-refractivity contribution in [2.24, 2.45) is 5.92 Å². The minimum absolute atomic E-state index is 0.0285. The van der Waals surface area contributed by atoms with Gasteiger partial charge in [0.25, 0.3) is 0 Å². The number of hydrogen-bond donors (Lipinski definition) is 1. The molecule has 0 aromatic carbocycles. The van der Waals surface area contributed by atoms with Crippen molar-refractivity contribution in [2.45, 2.75) is 25.8 Å². The fourth-order valence-electron chi connectivity index (χ4n) is 2.40. The molecule has 5 heteroatoms. The van der Waals surface area contributed by atoms with Crippen LogP contribution >= 0.6 is 0 Å². The number of carbonyl (C=O) groups is 2. The molecule has 1 aliphatic heterocycles. The van der Waals surface area contributed by atoms with Crippen LogP contribution < -0.4 is 0 Å². The first-order chi connectivity index (χ1) is 8.59. The molecular formula is C13H16N2O3. The molecule has 1 aromatic rings. The predicted molar refractivity (Wildman–Crippen MR) is 64.9 cm³/mol. The Balaban J connectivity index is 2.01. The van der Waals surface area contributed by atoms with Gasteiger partial charge in [-0.05, 0) is 25.0 Å². The lowest BCUT2D eigenvalue weighted by atomic mass is 10.0. The Hall–Kier alpha value is -1.91. The van der Waals surface area contributed by atoms with Gasteiger partial charge in [0.05, 0.1) is 12.3 Å². The smallest absolute Gasteiger partial charge is 0.308 e. The molecule has 0 saturated carbocycles. The highest BCUT2D eigenvalue weighted by atomic mass is 16.4. The maximum Gasteiger partial charge on any atom is 0.308 e. The number of pyridine rings is 1. The zero-order chi connectivity index (χ0) is 13.1. The van der Waals surface area contributed by atoms with E-state index in [-0.39, 0.29) is 18.4 Å². The van der Waals surface area contributed by atoms with Gasteiger partial charge in [-0.1, -0.05) is 6.07 Å². The summed E-state index contributed by atoms with van der Waals surface area (Å²) in [6.07, 6.45) is 4.14. The number of carboxylic acids is 1. The summed E-state index contributed by atoms with van der Waals surface area (Å²) in [6.45, 7) is 2.32. The SMILES string of the molecule is CC1C(C(=O)O)CCN1C(=O)Cc1cccnc1. The first-order valence-electron chi connectivity index (χ1n) is 6.01. The molecule has 0 spiro atoms. The largest absolute Gasteiger partial charge is 0.481 e. The van der Waals surface area contributed by atoms with Crippen LogP contribution in [0.1, 0.15) is 18.9 Å². The number of rotatable bonds is 3. The van der Waals surface area contributed by atoms with E-state index >= 15 is 0 Å². The normalized spacial score (nSPS) is 23.1. The van der Waals surface area contributed by atoms with E-state index in [1.165, 1.54) is 0 Å². The Morgan fingerprint density at radius 2 is 2.33 bits per heavy atom. The van der Waals surface area contributed by atoms with Crippen LogP contribution in [-0.2, 0) is 16.0 Å². The van der Waals surface area contributed by atoms with Crippen molar-refractivity contribution in [3.63, 3.8) is 0 Å². The van der Waals surface area contributed by atoms with Gasteiger partial charge in [0, 0.05) is 25.0 Å². The molecule has 1 aromatic heterocycles. The fourth-order valence-corrected chi connectivity index (χ4v) is 2.40. The third-order valence-electron chi connectivity index (χ3n) is 3.47. The Labute approximate surface area is 105 Å². The Morgan fingerprint density at radius 3 is 2.89 bits per heavy atom. The molecule has 1 amide bonds. The molecule has 2 unspecified atom stereocenters. The Morgan fingerprint density at radius 1 is 1.56 bits per heavy atom. The lowest BCUT2D eigenvalue weighted by molar-refractivity contribution is -0.143. The number of carboxylic acid groups (broad SMARTS) is 1. The highest BCUT2D eigenvalue weighted by Gasteiger charge is 2.37. The van der Waals surface area contributed by atoms with Crippen LogP contribution in [0, 0.1) is 5.92 Å². The van der Waals surface area contributed by atoms with Gasteiger partial charge in [0.2, 0.25) is 5.91 Å². The maximum absolute atomic E-state index is 12.1. The first kappa shape index (κ1) is 12.5. The van der Waals surface area contributed by atoms with Gasteiger partial charge >= 0.3 is 5.97 Å². The molecule has 1 saturated heterocycles. The fraction of sp³-hybridized carbons (Fsp3) is 0.462. The third-order valence-corrected chi connectivity index (χ3v) is 3.47. The van der Waals surface area contributed by atoms with Crippen LogP contribution in [0.25, 0.3) is 0 Å². The summed E-state index contributed by atoms with van der Waals surface area (Å²) in [7, 11) is 0. The minimum atomic E-state index is -0.820. The van der Waals surface area contributed by atoms with E-state index in [4.69, 9.17) is 5.11 Å². The second kappa shape index (κ2) is 5.16. The second-order valence-electron chi connectivity index (χ2n) is 4.60. The molecule has 1 aliphatic rings. The van der Waals surface area contributed by atoms with Crippen LogP contribution in [0.15, 0.2) is 24.5 Å². The van der Waals surface area contributed by atoms with Gasteiger partial charge in [0.1, 0.15) is 0 Å². The predicted octanol–water partition coefficient (Wildman–Crippen LogP) is 0.946. The van der Waals surface area contributed by atoms with Gasteiger partial charge in [-0.25, -0.2) is 0 Å². The van der Waals surface area contributed by atoms with E-state index in [1.54, 1.807) is 30.3 Å². The molecule has 1 fully saturated rings. The molecule has 18 heavy (non-hydrogen) atoms. The summed E-state index contributed by atoms with van der Waals surface area (Å²) in [5.74, 6) is -1.29. The Kier molecular flexibility index (Phi) is 3.60. The molecule has 5 nitrogen and oxygen atoms in total. The van der Waals surface area contributed by atoms with Crippen molar-refractivity contribution in [1.82, 2.24) is 9.88 Å². The van der Waals surface area contributed by atoms with Crippen molar-refractivity contribution in [3.05, 3.63) is 30.1 Å². The summed E-state index contributed by atoms with van der Waals surface area (Å²) in [5.41, 5.74) is 0.855. The zero-order valence-corrected chi connectivity index (χ0v) is 10.2. The number of aromatic nitrogens is 1. The zero-order valence-electron chi connectivity index (χ0n) is 10.2. The summed E-state index contributed by atoms with van der Waals surface area (Å²) in [6, 6.07) is 3.41. The molecular weight excluding hydrogens is 232 g/mol. The number of aliphatic carboxylic acids is 1. The highest BCUT2D eigenvalue weighted by Crippen LogP contribution is 2.24. The topological polar surface area (TPSA) is 70.5 Å². The van der Waals surface area contributed by atoms with Crippen LogP contribution in [0.3, 0.4) is 0 Å². The van der Waals surface area contributed by atoms with Crippen LogP contribution in [0.2, 0.25) is 0 Å². The average molecular weight is 248 g/mol. The molecule has 2 heterocycles. The standard InChI is InChI=1S/C13H16N2O3/c1-9-11(13(17)18)4-6-15(9)12(16)7-10-3-2-5-14-8-10/h2-3,5,8-9,11H,4,6-7H2,1H3,(H,17,18). The summed E-state index contributed by atoms with van der Waals surface area (Å²) in [4.78, 5) is 28.7. The number of amides is 1. The van der Waals surface area contributed by atoms with E-state index < -0.39 is 11.9 Å². The van der Waals surface area contributed by atoms with Crippen molar-refractivity contribution >= 4 is 11.9 Å². The molecule has 2 atom stereocenters. The summed E-state index contributed by atoms with van der Waals surface area (Å²) >= 11 is 0. The highest BCUT2D eigenvalue weighted by molar-refractivity contribution is 5.81. The van der Waals surface area contributed by atoms with Gasteiger partial charge in [-0.2, -0.15) is 0 Å². The third kappa shape index (κ3) is 2.50. The molecule has 0 radical (unpaired) electrons. The van der Waals surface area contributed by atoms with Gasteiger partial charge in [-0.3, -0.25) is 14.6 Å². The average Bonchev–Trinajstić information content (AvgIpc) is 2.72. The van der Waals surface area contributed by atoms with E-state index in [0.29, 0.717) is 13.0 Å². The maximum atomic E-state index is 12.1. The van der Waals surface area contributed by atoms with Crippen LogP contribution in [0.4, 0.5) is 0 Å². The summed E-state index contributed by atoms with van der Waals surface area (Å²) in [5, 5.41) is 9.02. The number of nitrogens with zero attached hydrogens (tertiary/aromatic N) is 2. The molecule has 0 aliphatic carbocycles. The van der Waals surface area contributed by atoms with Gasteiger partial charge in [0.15, 0.2) is 0 Å². The van der Waals surface area contributed by atoms with Crippen molar-refractivity contribution in [3.8, 4) is 0 Å². The van der Waals surface area contributed by atoms with E-state index in [1.807, 2.05) is 6.07 Å². The van der Waals surface area contributed by atoms with Gasteiger partial charge < -0.3 is 10.0 Å². The van der Waals surface area contributed by atoms with E-state index in [2.05, 4.69) is 4.98 Å². The molecule has 2 rings (SSSR count). The number of carbonyl (C=O) groups excluding carboxylic acids is 1. The van der Waals surface area contributed by atoms with Crippen molar-refractivity contribution in [1.29, 1.82) is 0 Å². The van der Waals surface area contributed by atoms with Crippen LogP contribution in [-0.4, -0.2) is 39.5 Å². The lowest BCUT2D eigenvalue weighted by Crippen LogP contribution is -2.38.